The SMILES string of the molecule is CC(C)(C)CC1OC(CO)C(O)C(O)C1O.CC(C)(C)OCC(=O)O.CC(C)(C)OCCO.CCCCOC(C)(C)C. The fourth-order valence-electron chi connectivity index (χ4n) is 3.10. The lowest BCUT2D eigenvalue weighted by Gasteiger charge is -2.42. The van der Waals surface area contributed by atoms with Crippen LogP contribution in [0.4, 0.5) is 0 Å². The van der Waals surface area contributed by atoms with E-state index in [1.54, 1.807) is 0 Å². The van der Waals surface area contributed by atoms with Crippen LogP contribution in [-0.2, 0) is 23.7 Å². The van der Waals surface area contributed by atoms with Crippen LogP contribution in [0.15, 0.2) is 0 Å². The van der Waals surface area contributed by atoms with Crippen LogP contribution < -0.4 is 0 Å². The summed E-state index contributed by atoms with van der Waals surface area (Å²) in [6.45, 7) is 26.6. The van der Waals surface area contributed by atoms with Gasteiger partial charge in [-0.3, -0.25) is 0 Å². The van der Waals surface area contributed by atoms with Crippen molar-refractivity contribution in [1.82, 2.24) is 0 Å². The number of hydrogen-bond donors (Lipinski definition) is 6. The standard InChI is InChI=1S/C11H22O5.C8H18O.C6H12O3.C6H14O2/c1-11(2,3)4-6-8(13)10(15)9(14)7(5-12)16-6;1-5-6-7-9-8(2,3)4;1-6(2,3)9-4-5(7)8;1-6(2,3)8-5-4-7/h6-10,12-15H,4-5H2,1-3H3;5-7H2,1-4H3;4H2,1-3H3,(H,7,8);7H,4-5H2,1-3H3. The molecule has 0 aliphatic carbocycles. The van der Waals surface area contributed by atoms with Crippen molar-refractivity contribution in [3.05, 3.63) is 0 Å². The summed E-state index contributed by atoms with van der Waals surface area (Å²) >= 11 is 0. The third-order valence-electron chi connectivity index (χ3n) is 5.09. The van der Waals surface area contributed by atoms with Crippen LogP contribution in [0.1, 0.15) is 109 Å². The molecule has 256 valence electrons. The first kappa shape index (κ1) is 45.5. The van der Waals surface area contributed by atoms with E-state index in [1.165, 1.54) is 12.8 Å². The van der Waals surface area contributed by atoms with Gasteiger partial charge < -0.3 is 49.6 Å². The fraction of sp³-hybridized carbons (Fsp3) is 0.968. The van der Waals surface area contributed by atoms with Crippen LogP contribution in [0.3, 0.4) is 0 Å². The van der Waals surface area contributed by atoms with Gasteiger partial charge in [-0.15, -0.1) is 0 Å². The number of aliphatic carboxylic acids is 1. The number of carboxylic acid groups (broad SMARTS) is 1. The number of ether oxygens (including phenoxy) is 4. The first-order valence-electron chi connectivity index (χ1n) is 14.8. The van der Waals surface area contributed by atoms with Gasteiger partial charge in [-0.1, -0.05) is 34.1 Å². The summed E-state index contributed by atoms with van der Waals surface area (Å²) in [5.74, 6) is -0.926. The molecule has 0 spiro atoms. The maximum atomic E-state index is 9.92. The van der Waals surface area contributed by atoms with E-state index >= 15 is 0 Å². The highest BCUT2D eigenvalue weighted by Crippen LogP contribution is 2.30. The molecular weight excluding hydrogens is 548 g/mol. The van der Waals surface area contributed by atoms with Gasteiger partial charge in [0.25, 0.3) is 0 Å². The minimum atomic E-state index is -1.27. The molecule has 0 aromatic rings. The molecule has 5 unspecified atom stereocenters. The molecular formula is C31H66O11. The molecule has 0 radical (unpaired) electrons. The average molecular weight is 615 g/mol. The first-order chi connectivity index (χ1) is 18.8. The Labute approximate surface area is 255 Å². The number of rotatable bonds is 9. The van der Waals surface area contributed by atoms with E-state index in [0.717, 1.165) is 6.61 Å². The fourth-order valence-corrected chi connectivity index (χ4v) is 3.10. The Morgan fingerprint density at radius 3 is 1.40 bits per heavy atom. The van der Waals surface area contributed by atoms with Crippen molar-refractivity contribution in [3.8, 4) is 0 Å². The Balaban J connectivity index is -0.000000509. The van der Waals surface area contributed by atoms with E-state index in [2.05, 4.69) is 27.7 Å². The van der Waals surface area contributed by atoms with Crippen molar-refractivity contribution >= 4 is 5.97 Å². The van der Waals surface area contributed by atoms with Crippen LogP contribution in [-0.4, -0.2) is 117 Å². The third-order valence-corrected chi connectivity index (χ3v) is 5.09. The van der Waals surface area contributed by atoms with Crippen LogP contribution in [0.5, 0.6) is 0 Å². The van der Waals surface area contributed by atoms with E-state index in [0.29, 0.717) is 13.0 Å². The summed E-state index contributed by atoms with van der Waals surface area (Å²) in [5, 5.41) is 54.4. The van der Waals surface area contributed by atoms with Crippen LogP contribution in [0.2, 0.25) is 0 Å². The molecule has 1 saturated heterocycles. The second-order valence-corrected chi connectivity index (χ2v) is 14.4. The molecule has 1 aliphatic heterocycles. The van der Waals surface area contributed by atoms with Crippen LogP contribution in [0, 0.1) is 5.41 Å². The summed E-state index contributed by atoms with van der Waals surface area (Å²) < 4.78 is 20.9. The molecule has 0 aromatic heterocycles. The topological polar surface area (TPSA) is 175 Å². The Kier molecular flexibility index (Phi) is 23.6. The first-order valence-corrected chi connectivity index (χ1v) is 14.8. The predicted molar refractivity (Wildman–Crippen MR) is 165 cm³/mol. The molecule has 0 amide bonds. The Morgan fingerprint density at radius 1 is 0.690 bits per heavy atom. The summed E-state index contributed by atoms with van der Waals surface area (Å²) in [7, 11) is 0. The molecule has 0 bridgehead atoms. The minimum Gasteiger partial charge on any atom is -0.480 e. The maximum absolute atomic E-state index is 9.92. The van der Waals surface area contributed by atoms with Crippen molar-refractivity contribution in [3.63, 3.8) is 0 Å². The van der Waals surface area contributed by atoms with E-state index in [9.17, 15) is 20.1 Å². The highest BCUT2D eigenvalue weighted by atomic mass is 16.5. The van der Waals surface area contributed by atoms with Crippen molar-refractivity contribution < 1.29 is 54.4 Å². The molecule has 1 aliphatic rings. The zero-order valence-corrected chi connectivity index (χ0v) is 28.8. The molecule has 1 rings (SSSR count). The van der Waals surface area contributed by atoms with Crippen molar-refractivity contribution in [2.24, 2.45) is 5.41 Å². The van der Waals surface area contributed by atoms with E-state index in [4.69, 9.17) is 34.3 Å². The quantitative estimate of drug-likeness (QED) is 0.210. The molecule has 6 N–H and O–H groups in total. The van der Waals surface area contributed by atoms with Gasteiger partial charge in [0.15, 0.2) is 0 Å². The number of hydrogen-bond acceptors (Lipinski definition) is 10. The summed E-state index contributed by atoms with van der Waals surface area (Å²) in [5.41, 5.74) is -0.468. The Bertz CT molecular complexity index is 656. The van der Waals surface area contributed by atoms with E-state index < -0.39 is 36.5 Å². The molecule has 42 heavy (non-hydrogen) atoms. The largest absolute Gasteiger partial charge is 0.480 e. The lowest BCUT2D eigenvalue weighted by molar-refractivity contribution is -0.234. The molecule has 1 heterocycles. The van der Waals surface area contributed by atoms with Gasteiger partial charge >= 0.3 is 5.97 Å². The lowest BCUT2D eigenvalue weighted by atomic mass is 9.83. The third kappa shape index (κ3) is 30.6. The Hall–Kier alpha value is -0.890. The summed E-state index contributed by atoms with van der Waals surface area (Å²) in [4.78, 5) is 9.92. The van der Waals surface area contributed by atoms with Gasteiger partial charge in [0.2, 0.25) is 0 Å². The molecule has 1 fully saturated rings. The highest BCUT2D eigenvalue weighted by Gasteiger charge is 2.44. The number of unbranched alkanes of at least 4 members (excludes halogenated alkanes) is 1. The van der Waals surface area contributed by atoms with Gasteiger partial charge in [0, 0.05) is 6.61 Å². The van der Waals surface area contributed by atoms with Gasteiger partial charge in [0.05, 0.1) is 42.7 Å². The van der Waals surface area contributed by atoms with Crippen molar-refractivity contribution in [2.75, 3.05) is 33.0 Å². The van der Waals surface area contributed by atoms with Gasteiger partial charge in [-0.05, 0) is 80.6 Å². The molecule has 0 saturated carbocycles. The zero-order valence-electron chi connectivity index (χ0n) is 28.8. The number of carboxylic acids is 1. The van der Waals surface area contributed by atoms with E-state index in [-0.39, 0.29) is 42.0 Å². The average Bonchev–Trinajstić information content (AvgIpc) is 2.81. The normalized spacial score (nSPS) is 23.0. The van der Waals surface area contributed by atoms with Crippen LogP contribution >= 0.6 is 0 Å². The summed E-state index contributed by atoms with van der Waals surface area (Å²) in [6, 6.07) is 0. The lowest BCUT2D eigenvalue weighted by Crippen LogP contribution is -2.59. The molecule has 11 heteroatoms. The minimum absolute atomic E-state index is 0.0508. The number of aliphatic hydroxyl groups excluding tert-OH is 5. The smallest absolute Gasteiger partial charge is 0.329 e. The molecule has 11 nitrogen and oxygen atoms in total. The van der Waals surface area contributed by atoms with Crippen molar-refractivity contribution in [1.29, 1.82) is 0 Å². The van der Waals surface area contributed by atoms with E-state index in [1.807, 2.05) is 62.3 Å². The maximum Gasteiger partial charge on any atom is 0.329 e. The van der Waals surface area contributed by atoms with Gasteiger partial charge in [-0.25, -0.2) is 4.79 Å². The van der Waals surface area contributed by atoms with Gasteiger partial charge in [-0.2, -0.15) is 0 Å². The predicted octanol–water partition coefficient (Wildman–Crippen LogP) is 3.55. The summed E-state index contributed by atoms with van der Waals surface area (Å²) in [6.07, 6.45) is -2.06. The second-order valence-electron chi connectivity index (χ2n) is 14.4. The molecule has 5 atom stereocenters. The number of aliphatic hydroxyl groups is 5. The van der Waals surface area contributed by atoms with Crippen LogP contribution in [0.25, 0.3) is 0 Å². The Morgan fingerprint density at radius 2 is 1.12 bits per heavy atom. The second kappa shape index (κ2) is 21.8. The van der Waals surface area contributed by atoms with Gasteiger partial charge in [0.1, 0.15) is 31.0 Å². The number of carbonyl (C=O) groups is 1. The van der Waals surface area contributed by atoms with Crippen molar-refractivity contribution in [2.45, 2.75) is 157 Å². The highest BCUT2D eigenvalue weighted by molar-refractivity contribution is 5.68. The molecule has 0 aromatic carbocycles. The monoisotopic (exact) mass is 614 g/mol. The zero-order chi connectivity index (χ0) is 33.9.